The molecule has 6 heteroatoms. The summed E-state index contributed by atoms with van der Waals surface area (Å²) < 4.78 is 14.2. The van der Waals surface area contributed by atoms with Crippen molar-refractivity contribution in [3.63, 3.8) is 0 Å². The Morgan fingerprint density at radius 3 is 1.63 bits per heavy atom. The zero-order valence-corrected chi connectivity index (χ0v) is 21.2. The van der Waals surface area contributed by atoms with Crippen LogP contribution in [0.3, 0.4) is 0 Å². The lowest BCUT2D eigenvalue weighted by Crippen LogP contribution is -1.94. The molecular formula is C24H24O2S4. The minimum atomic E-state index is 0.861. The average molecular weight is 473 g/mol. The number of hydrogen-bond acceptors (Lipinski definition) is 6. The number of thioether (sulfide) groups is 4. The number of benzene rings is 2. The molecule has 0 aromatic heterocycles. The highest BCUT2D eigenvalue weighted by Gasteiger charge is 2.19. The van der Waals surface area contributed by atoms with Crippen molar-refractivity contribution in [1.82, 2.24) is 0 Å². The lowest BCUT2D eigenvalue weighted by atomic mass is 9.99. The van der Waals surface area contributed by atoms with E-state index in [4.69, 9.17) is 9.47 Å². The summed E-state index contributed by atoms with van der Waals surface area (Å²) in [5.41, 5.74) is 2.24. The van der Waals surface area contributed by atoms with E-state index in [1.165, 1.54) is 28.1 Å². The highest BCUT2D eigenvalue weighted by atomic mass is 32.2. The minimum Gasteiger partial charge on any atom is -0.496 e. The Morgan fingerprint density at radius 1 is 0.633 bits per heavy atom. The van der Waals surface area contributed by atoms with Gasteiger partial charge in [0.25, 0.3) is 0 Å². The van der Waals surface area contributed by atoms with Crippen LogP contribution >= 0.6 is 47.0 Å². The van der Waals surface area contributed by atoms with E-state index >= 15 is 0 Å². The van der Waals surface area contributed by atoms with Gasteiger partial charge in [-0.25, -0.2) is 0 Å². The molecule has 30 heavy (non-hydrogen) atoms. The molecule has 0 fully saturated rings. The summed E-state index contributed by atoms with van der Waals surface area (Å²) in [6.45, 7) is 8.71. The first kappa shape index (κ1) is 21.9. The van der Waals surface area contributed by atoms with Crippen molar-refractivity contribution < 1.29 is 9.47 Å². The fourth-order valence-corrected chi connectivity index (χ4v) is 8.22. The highest BCUT2D eigenvalue weighted by molar-refractivity contribution is 8.29. The van der Waals surface area contributed by atoms with E-state index in [-0.39, 0.29) is 0 Å². The Labute approximate surface area is 195 Å². The third-order valence-electron chi connectivity index (χ3n) is 5.13. The Balaban J connectivity index is 1.87. The van der Waals surface area contributed by atoms with E-state index in [2.05, 4.69) is 58.0 Å². The predicted molar refractivity (Wildman–Crippen MR) is 140 cm³/mol. The van der Waals surface area contributed by atoms with Crippen LogP contribution in [-0.4, -0.2) is 14.2 Å². The van der Waals surface area contributed by atoms with Gasteiger partial charge in [0.05, 0.1) is 14.2 Å². The topological polar surface area (TPSA) is 18.5 Å². The van der Waals surface area contributed by atoms with Crippen molar-refractivity contribution in [3.8, 4) is 11.5 Å². The zero-order chi connectivity index (χ0) is 21.4. The molecule has 2 aliphatic rings. The van der Waals surface area contributed by atoms with E-state index in [0.717, 1.165) is 33.4 Å². The van der Waals surface area contributed by atoms with Gasteiger partial charge >= 0.3 is 0 Å². The van der Waals surface area contributed by atoms with Crippen molar-refractivity contribution in [2.75, 3.05) is 14.2 Å². The number of rotatable bonds is 4. The summed E-state index contributed by atoms with van der Waals surface area (Å²) in [5.74, 6) is 1.75. The first-order chi connectivity index (χ1) is 14.4. The fourth-order valence-electron chi connectivity index (χ4n) is 3.37. The summed E-state index contributed by atoms with van der Waals surface area (Å²) in [6, 6.07) is 8.45. The van der Waals surface area contributed by atoms with Crippen LogP contribution in [0.25, 0.3) is 22.9 Å². The second-order valence-corrected chi connectivity index (χ2v) is 12.6. The van der Waals surface area contributed by atoms with Crippen molar-refractivity contribution in [1.29, 1.82) is 0 Å². The molecule has 0 spiro atoms. The van der Waals surface area contributed by atoms with E-state index in [0.29, 0.717) is 0 Å². The summed E-state index contributed by atoms with van der Waals surface area (Å²) in [6.07, 6.45) is 4.50. The molecular weight excluding hydrogens is 449 g/mol. The van der Waals surface area contributed by atoms with Crippen LogP contribution in [0.5, 0.6) is 11.5 Å². The van der Waals surface area contributed by atoms with Crippen molar-refractivity contribution in [2.24, 2.45) is 0 Å². The molecule has 2 heterocycles. The molecule has 2 aromatic carbocycles. The van der Waals surface area contributed by atoms with Gasteiger partial charge < -0.3 is 9.47 Å². The van der Waals surface area contributed by atoms with Crippen LogP contribution in [0, 0.1) is 0 Å². The standard InChI is InChI=1S/C24H24O2S4/c1-13-14(2)28-21(27-13)11-17-8-10-20(25-5)19-9-7-18(24(26-6)23(17)19)12-22-29-15(3)16(4)30-22/h7-12H,1-6H3. The molecule has 0 atom stereocenters. The maximum Gasteiger partial charge on any atom is 0.134 e. The van der Waals surface area contributed by atoms with Gasteiger partial charge in [-0.1, -0.05) is 59.2 Å². The van der Waals surface area contributed by atoms with Gasteiger partial charge in [-0.3, -0.25) is 0 Å². The summed E-state index contributed by atoms with van der Waals surface area (Å²) in [7, 11) is 3.48. The third kappa shape index (κ3) is 4.20. The molecule has 0 saturated heterocycles. The Kier molecular flexibility index (Phi) is 6.58. The van der Waals surface area contributed by atoms with E-state index in [1.54, 1.807) is 14.2 Å². The van der Waals surface area contributed by atoms with E-state index < -0.39 is 0 Å². The SMILES string of the molecule is COc1ccc(C=C2SC(C)=C(C)S2)c2c(OC)c(C=C3SC(C)=C(C)S3)ccc12. The molecule has 2 nitrogen and oxygen atoms in total. The molecule has 0 unspecified atom stereocenters. The lowest BCUT2D eigenvalue weighted by Gasteiger charge is -2.15. The number of fused-ring (bicyclic) bond motifs is 1. The molecule has 2 aromatic rings. The molecule has 0 bridgehead atoms. The second kappa shape index (κ2) is 9.03. The number of allylic oxidation sites excluding steroid dienone is 4. The molecule has 2 aliphatic heterocycles. The van der Waals surface area contributed by atoms with Crippen LogP contribution in [0.2, 0.25) is 0 Å². The van der Waals surface area contributed by atoms with Gasteiger partial charge in [-0.05, 0) is 77.2 Å². The van der Waals surface area contributed by atoms with E-state index in [1.807, 2.05) is 53.1 Å². The highest BCUT2D eigenvalue weighted by Crippen LogP contribution is 2.52. The molecule has 0 radical (unpaired) electrons. The Bertz CT molecular complexity index is 1120. The number of hydrogen-bond donors (Lipinski definition) is 0. The minimum absolute atomic E-state index is 0.861. The van der Waals surface area contributed by atoms with E-state index in [9.17, 15) is 0 Å². The molecule has 0 aliphatic carbocycles. The Morgan fingerprint density at radius 2 is 1.13 bits per heavy atom. The zero-order valence-electron chi connectivity index (χ0n) is 17.9. The third-order valence-corrected chi connectivity index (χ3v) is 10.1. The first-order valence-corrected chi connectivity index (χ1v) is 12.8. The van der Waals surface area contributed by atoms with Crippen LogP contribution in [0.4, 0.5) is 0 Å². The lowest BCUT2D eigenvalue weighted by molar-refractivity contribution is 0.415. The maximum absolute atomic E-state index is 5.98. The summed E-state index contributed by atoms with van der Waals surface area (Å²) in [4.78, 5) is 5.48. The van der Waals surface area contributed by atoms with Gasteiger partial charge in [0, 0.05) is 24.8 Å². The van der Waals surface area contributed by atoms with Crippen LogP contribution in [0.1, 0.15) is 38.8 Å². The number of ether oxygens (including phenoxy) is 2. The molecule has 0 N–H and O–H groups in total. The quantitative estimate of drug-likeness (QED) is 0.439. The predicted octanol–water partition coefficient (Wildman–Crippen LogP) is 8.92. The molecule has 156 valence electrons. The van der Waals surface area contributed by atoms with Gasteiger partial charge in [-0.15, -0.1) is 0 Å². The molecule has 0 saturated carbocycles. The smallest absolute Gasteiger partial charge is 0.134 e. The van der Waals surface area contributed by atoms with Crippen LogP contribution in [-0.2, 0) is 0 Å². The summed E-state index contributed by atoms with van der Waals surface area (Å²) in [5, 5.41) is 2.16. The normalized spacial score (nSPS) is 16.7. The second-order valence-electron chi connectivity index (χ2n) is 7.03. The molecule has 4 rings (SSSR count). The van der Waals surface area contributed by atoms with Crippen LogP contribution in [0.15, 0.2) is 52.4 Å². The van der Waals surface area contributed by atoms with Gasteiger partial charge in [0.15, 0.2) is 0 Å². The van der Waals surface area contributed by atoms with Gasteiger partial charge in [0.2, 0.25) is 0 Å². The maximum atomic E-state index is 5.98. The van der Waals surface area contributed by atoms with Gasteiger partial charge in [-0.2, -0.15) is 0 Å². The summed E-state index contributed by atoms with van der Waals surface area (Å²) >= 11 is 7.34. The fraction of sp³-hybridized carbons (Fsp3) is 0.250. The average Bonchev–Trinajstić information content (AvgIpc) is 3.21. The Hall–Kier alpha value is -1.34. The monoisotopic (exact) mass is 472 g/mol. The first-order valence-electron chi connectivity index (χ1n) is 9.58. The van der Waals surface area contributed by atoms with Gasteiger partial charge in [0.1, 0.15) is 11.5 Å². The van der Waals surface area contributed by atoms with Crippen molar-refractivity contribution >= 4 is 70.0 Å². The van der Waals surface area contributed by atoms with Crippen LogP contribution < -0.4 is 9.47 Å². The number of methoxy groups -OCH3 is 2. The van der Waals surface area contributed by atoms with Crippen molar-refractivity contribution in [2.45, 2.75) is 27.7 Å². The van der Waals surface area contributed by atoms with Crippen molar-refractivity contribution in [3.05, 3.63) is 63.5 Å². The molecule has 0 amide bonds. The largest absolute Gasteiger partial charge is 0.496 e.